The minimum atomic E-state index is -4.20. The molecule has 2 heterocycles. The molecule has 0 aliphatic carbocycles. The molecule has 1 saturated heterocycles. The summed E-state index contributed by atoms with van der Waals surface area (Å²) in [6.07, 6.45) is 3.14. The number of benzene rings is 2. The molecule has 3 aromatic rings. The number of piperazine rings is 1. The standard InChI is InChI=1S/C21H20F2N4O3S/c22-18-6-7-19(23)20(12-18)31(29,30)27-10-8-25(9-11-27)21(28)17-13-24-26(15-17)14-16-4-2-1-3-5-16/h1-7,12-13,15H,8-11,14H2. The molecule has 1 aliphatic rings. The number of sulfonamides is 1. The van der Waals surface area contributed by atoms with E-state index in [0.717, 1.165) is 22.0 Å². The molecular weight excluding hydrogens is 426 g/mol. The zero-order chi connectivity index (χ0) is 22.0. The van der Waals surface area contributed by atoms with Crippen LogP contribution in [0.1, 0.15) is 15.9 Å². The Labute approximate surface area is 178 Å². The number of aromatic nitrogens is 2. The Morgan fingerprint density at radius 1 is 1.00 bits per heavy atom. The predicted octanol–water partition coefficient (Wildman–Crippen LogP) is 2.36. The zero-order valence-electron chi connectivity index (χ0n) is 16.5. The van der Waals surface area contributed by atoms with Crippen LogP contribution in [0.4, 0.5) is 8.78 Å². The van der Waals surface area contributed by atoms with Gasteiger partial charge in [-0.2, -0.15) is 9.40 Å². The average molecular weight is 446 g/mol. The van der Waals surface area contributed by atoms with Crippen LogP contribution >= 0.6 is 0 Å². The highest BCUT2D eigenvalue weighted by Crippen LogP contribution is 2.22. The number of hydrogen-bond acceptors (Lipinski definition) is 4. The minimum absolute atomic E-state index is 0.0117. The number of halogens is 2. The first-order valence-corrected chi connectivity index (χ1v) is 11.1. The van der Waals surface area contributed by atoms with E-state index in [9.17, 15) is 22.0 Å². The molecule has 7 nitrogen and oxygen atoms in total. The topological polar surface area (TPSA) is 75.5 Å². The maximum atomic E-state index is 14.0. The number of amides is 1. The van der Waals surface area contributed by atoms with E-state index in [2.05, 4.69) is 5.10 Å². The van der Waals surface area contributed by atoms with Crippen molar-refractivity contribution in [3.63, 3.8) is 0 Å². The van der Waals surface area contributed by atoms with Gasteiger partial charge in [0.05, 0.1) is 18.3 Å². The summed E-state index contributed by atoms with van der Waals surface area (Å²) in [7, 11) is -4.20. The maximum absolute atomic E-state index is 14.0. The van der Waals surface area contributed by atoms with Gasteiger partial charge in [-0.1, -0.05) is 30.3 Å². The first-order chi connectivity index (χ1) is 14.8. The number of rotatable bonds is 5. The monoisotopic (exact) mass is 446 g/mol. The van der Waals surface area contributed by atoms with Crippen LogP contribution in [0.25, 0.3) is 0 Å². The van der Waals surface area contributed by atoms with Gasteiger partial charge < -0.3 is 4.90 Å². The predicted molar refractivity (Wildman–Crippen MR) is 109 cm³/mol. The van der Waals surface area contributed by atoms with Crippen LogP contribution in [-0.4, -0.2) is 59.5 Å². The summed E-state index contributed by atoms with van der Waals surface area (Å²) in [5, 5.41) is 4.22. The van der Waals surface area contributed by atoms with E-state index in [0.29, 0.717) is 18.2 Å². The van der Waals surface area contributed by atoms with Crippen LogP contribution in [0.5, 0.6) is 0 Å². The average Bonchev–Trinajstić information content (AvgIpc) is 3.24. The molecule has 0 spiro atoms. The molecule has 1 amide bonds. The van der Waals surface area contributed by atoms with Crippen molar-refractivity contribution in [2.75, 3.05) is 26.2 Å². The van der Waals surface area contributed by atoms with Crippen LogP contribution < -0.4 is 0 Å². The van der Waals surface area contributed by atoms with E-state index in [1.54, 1.807) is 10.9 Å². The van der Waals surface area contributed by atoms with Crippen molar-refractivity contribution in [2.24, 2.45) is 0 Å². The summed E-state index contributed by atoms with van der Waals surface area (Å²) >= 11 is 0. The third-order valence-electron chi connectivity index (χ3n) is 5.10. The number of hydrogen-bond donors (Lipinski definition) is 0. The summed E-state index contributed by atoms with van der Waals surface area (Å²) < 4.78 is 55.5. The van der Waals surface area contributed by atoms with Crippen LogP contribution in [0, 0.1) is 11.6 Å². The van der Waals surface area contributed by atoms with Crippen molar-refractivity contribution in [2.45, 2.75) is 11.4 Å². The smallest absolute Gasteiger partial charge is 0.257 e. The lowest BCUT2D eigenvalue weighted by atomic mass is 10.2. The van der Waals surface area contributed by atoms with Crippen LogP contribution in [-0.2, 0) is 16.6 Å². The lowest BCUT2D eigenvalue weighted by Gasteiger charge is -2.33. The fourth-order valence-corrected chi connectivity index (χ4v) is 4.96. The van der Waals surface area contributed by atoms with Crippen LogP contribution in [0.2, 0.25) is 0 Å². The van der Waals surface area contributed by atoms with Gasteiger partial charge in [0.1, 0.15) is 16.5 Å². The molecule has 4 rings (SSSR count). The van der Waals surface area contributed by atoms with Crippen LogP contribution in [0.3, 0.4) is 0 Å². The molecule has 1 aliphatic heterocycles. The lowest BCUT2D eigenvalue weighted by Crippen LogP contribution is -2.50. The highest BCUT2D eigenvalue weighted by molar-refractivity contribution is 7.89. The molecule has 162 valence electrons. The molecule has 0 N–H and O–H groups in total. The third-order valence-corrected chi connectivity index (χ3v) is 7.02. The highest BCUT2D eigenvalue weighted by atomic mass is 32.2. The van der Waals surface area contributed by atoms with Gasteiger partial charge >= 0.3 is 0 Å². The van der Waals surface area contributed by atoms with Crippen molar-refractivity contribution in [1.82, 2.24) is 19.0 Å². The van der Waals surface area contributed by atoms with Gasteiger partial charge in [-0.05, 0) is 23.8 Å². The summed E-state index contributed by atoms with van der Waals surface area (Å²) in [5.74, 6) is -2.10. The Balaban J connectivity index is 1.41. The zero-order valence-corrected chi connectivity index (χ0v) is 17.3. The first-order valence-electron chi connectivity index (χ1n) is 9.65. The second kappa shape index (κ2) is 8.56. The van der Waals surface area contributed by atoms with Gasteiger partial charge in [-0.25, -0.2) is 17.2 Å². The van der Waals surface area contributed by atoms with E-state index < -0.39 is 26.6 Å². The van der Waals surface area contributed by atoms with Crippen molar-refractivity contribution >= 4 is 15.9 Å². The van der Waals surface area contributed by atoms with Gasteiger partial charge in [-0.15, -0.1) is 0 Å². The fraction of sp³-hybridized carbons (Fsp3) is 0.238. The Morgan fingerprint density at radius 3 is 2.42 bits per heavy atom. The number of carbonyl (C=O) groups excluding carboxylic acids is 1. The second-order valence-corrected chi connectivity index (χ2v) is 9.09. The summed E-state index contributed by atoms with van der Waals surface area (Å²) in [6.45, 7) is 0.779. The number of carbonyl (C=O) groups is 1. The van der Waals surface area contributed by atoms with Gasteiger partial charge in [0.25, 0.3) is 5.91 Å². The van der Waals surface area contributed by atoms with Gasteiger partial charge in [0.2, 0.25) is 10.0 Å². The Morgan fingerprint density at radius 2 is 1.71 bits per heavy atom. The largest absolute Gasteiger partial charge is 0.336 e. The molecule has 10 heteroatoms. The Kier molecular flexibility index (Phi) is 5.84. The van der Waals surface area contributed by atoms with E-state index in [1.165, 1.54) is 11.1 Å². The van der Waals surface area contributed by atoms with Crippen LogP contribution in [0.15, 0.2) is 65.8 Å². The van der Waals surface area contributed by atoms with E-state index >= 15 is 0 Å². The molecule has 0 saturated carbocycles. The summed E-state index contributed by atoms with van der Waals surface area (Å²) in [5.41, 5.74) is 1.46. The molecule has 0 radical (unpaired) electrons. The molecule has 1 fully saturated rings. The molecule has 0 unspecified atom stereocenters. The van der Waals surface area contributed by atoms with Crippen molar-refractivity contribution in [3.05, 3.63) is 83.7 Å². The van der Waals surface area contributed by atoms with Crippen molar-refractivity contribution < 1.29 is 22.0 Å². The Bertz CT molecular complexity index is 1190. The highest BCUT2D eigenvalue weighted by Gasteiger charge is 2.32. The van der Waals surface area contributed by atoms with E-state index in [-0.39, 0.29) is 32.1 Å². The number of nitrogens with zero attached hydrogens (tertiary/aromatic N) is 4. The van der Waals surface area contributed by atoms with Gasteiger partial charge in [-0.3, -0.25) is 9.48 Å². The Hall–Kier alpha value is -3.11. The van der Waals surface area contributed by atoms with E-state index in [1.807, 2.05) is 30.3 Å². The molecular formula is C21H20F2N4O3S. The first kappa shape index (κ1) is 21.1. The molecule has 0 atom stereocenters. The summed E-state index contributed by atoms with van der Waals surface area (Å²) in [4.78, 5) is 13.6. The molecule has 0 bridgehead atoms. The molecule has 31 heavy (non-hydrogen) atoms. The third kappa shape index (κ3) is 4.49. The SMILES string of the molecule is O=C(c1cnn(Cc2ccccc2)c1)N1CCN(S(=O)(=O)c2cc(F)ccc2F)CC1. The maximum Gasteiger partial charge on any atom is 0.257 e. The summed E-state index contributed by atoms with van der Waals surface area (Å²) in [6, 6.07) is 12.0. The second-order valence-electron chi connectivity index (χ2n) is 7.18. The fourth-order valence-electron chi connectivity index (χ4n) is 3.46. The normalized spacial score (nSPS) is 15.2. The minimum Gasteiger partial charge on any atom is -0.336 e. The van der Waals surface area contributed by atoms with Gasteiger partial charge in [0, 0.05) is 32.4 Å². The van der Waals surface area contributed by atoms with Gasteiger partial charge in [0.15, 0.2) is 0 Å². The molecule has 1 aromatic heterocycles. The molecule has 2 aromatic carbocycles. The lowest BCUT2D eigenvalue weighted by molar-refractivity contribution is 0.0697. The van der Waals surface area contributed by atoms with Crippen molar-refractivity contribution in [3.8, 4) is 0 Å². The quantitative estimate of drug-likeness (QED) is 0.603. The van der Waals surface area contributed by atoms with Crippen molar-refractivity contribution in [1.29, 1.82) is 0 Å². The van der Waals surface area contributed by atoms with E-state index in [4.69, 9.17) is 0 Å².